The molecule has 0 aliphatic heterocycles. The van der Waals surface area contributed by atoms with Gasteiger partial charge < -0.3 is 5.11 Å². The maximum atomic E-state index is 14.0. The van der Waals surface area contributed by atoms with Crippen molar-refractivity contribution in [3.05, 3.63) is 34.9 Å². The summed E-state index contributed by atoms with van der Waals surface area (Å²) in [5, 5.41) is 9.13. The Bertz CT molecular complexity index is 377. The molecule has 0 aliphatic rings. The molecule has 0 radical (unpaired) electrons. The highest BCUT2D eigenvalue weighted by Crippen LogP contribution is 2.39. The SMILES string of the molecule is CC(C)(C(=O)O)C(F)c1ccccc1Cl. The van der Waals surface area contributed by atoms with E-state index in [1.807, 2.05) is 0 Å². The third-order valence-electron chi connectivity index (χ3n) is 2.36. The summed E-state index contributed by atoms with van der Waals surface area (Å²) in [6.45, 7) is 2.67. The molecule has 1 unspecified atom stereocenters. The molecule has 1 aromatic carbocycles. The van der Waals surface area contributed by atoms with Crippen molar-refractivity contribution in [2.24, 2.45) is 5.41 Å². The summed E-state index contributed by atoms with van der Waals surface area (Å²) in [6, 6.07) is 6.34. The Morgan fingerprint density at radius 2 is 2.00 bits per heavy atom. The average Bonchev–Trinajstić information content (AvgIpc) is 2.17. The molecular formula is C11H12ClFO2. The van der Waals surface area contributed by atoms with Gasteiger partial charge >= 0.3 is 5.97 Å². The van der Waals surface area contributed by atoms with Gasteiger partial charge in [0, 0.05) is 10.6 Å². The zero-order valence-electron chi connectivity index (χ0n) is 8.50. The number of aliphatic carboxylic acids is 1. The number of hydrogen-bond donors (Lipinski definition) is 1. The van der Waals surface area contributed by atoms with Crippen LogP contribution in [0.3, 0.4) is 0 Å². The first-order valence-electron chi connectivity index (χ1n) is 4.49. The number of carboxylic acid groups (broad SMARTS) is 1. The third-order valence-corrected chi connectivity index (χ3v) is 2.71. The monoisotopic (exact) mass is 230 g/mol. The van der Waals surface area contributed by atoms with Crippen LogP contribution < -0.4 is 0 Å². The standard InChI is InChI=1S/C11H12ClFO2/c1-11(2,10(14)15)9(13)7-5-3-4-6-8(7)12/h3-6,9H,1-2H3,(H,14,15). The summed E-state index contributed by atoms with van der Waals surface area (Å²) < 4.78 is 14.0. The number of alkyl halides is 1. The van der Waals surface area contributed by atoms with E-state index in [4.69, 9.17) is 16.7 Å². The van der Waals surface area contributed by atoms with E-state index in [1.54, 1.807) is 18.2 Å². The molecule has 0 fully saturated rings. The molecule has 0 aromatic heterocycles. The van der Waals surface area contributed by atoms with Crippen LogP contribution in [-0.4, -0.2) is 11.1 Å². The van der Waals surface area contributed by atoms with E-state index >= 15 is 0 Å². The van der Waals surface area contributed by atoms with Gasteiger partial charge in [-0.05, 0) is 19.9 Å². The summed E-state index contributed by atoms with van der Waals surface area (Å²) in [7, 11) is 0. The maximum absolute atomic E-state index is 14.0. The first-order chi connectivity index (χ1) is 6.87. The molecule has 1 aromatic rings. The van der Waals surface area contributed by atoms with Crippen LogP contribution in [0.1, 0.15) is 25.6 Å². The largest absolute Gasteiger partial charge is 0.481 e. The predicted octanol–water partition coefficient (Wildman–Crippen LogP) is 3.46. The predicted molar refractivity (Wildman–Crippen MR) is 56.7 cm³/mol. The Balaban J connectivity index is 3.10. The number of carbonyl (C=O) groups is 1. The number of hydrogen-bond acceptors (Lipinski definition) is 1. The van der Waals surface area contributed by atoms with Crippen LogP contribution >= 0.6 is 11.6 Å². The second-order valence-corrected chi connectivity index (χ2v) is 4.32. The third kappa shape index (κ3) is 2.29. The molecule has 0 spiro atoms. The molecule has 82 valence electrons. The molecule has 2 nitrogen and oxygen atoms in total. The van der Waals surface area contributed by atoms with E-state index in [0.29, 0.717) is 0 Å². The zero-order valence-corrected chi connectivity index (χ0v) is 9.25. The molecule has 1 N–H and O–H groups in total. The Hall–Kier alpha value is -1.09. The minimum Gasteiger partial charge on any atom is -0.481 e. The molecule has 1 rings (SSSR count). The molecule has 15 heavy (non-hydrogen) atoms. The van der Waals surface area contributed by atoms with Gasteiger partial charge in [0.1, 0.15) is 6.17 Å². The molecule has 0 saturated carbocycles. The van der Waals surface area contributed by atoms with Crippen LogP contribution in [0.2, 0.25) is 5.02 Å². The van der Waals surface area contributed by atoms with Gasteiger partial charge in [-0.15, -0.1) is 0 Å². The Morgan fingerprint density at radius 1 is 1.47 bits per heavy atom. The molecule has 0 heterocycles. The van der Waals surface area contributed by atoms with E-state index in [2.05, 4.69) is 0 Å². The van der Waals surface area contributed by atoms with E-state index in [-0.39, 0.29) is 10.6 Å². The van der Waals surface area contributed by atoms with Gasteiger partial charge in [-0.25, -0.2) is 4.39 Å². The van der Waals surface area contributed by atoms with Crippen molar-refractivity contribution in [3.8, 4) is 0 Å². The normalized spacial score (nSPS) is 13.6. The fourth-order valence-corrected chi connectivity index (χ4v) is 1.41. The lowest BCUT2D eigenvalue weighted by Crippen LogP contribution is -2.29. The summed E-state index contributed by atoms with van der Waals surface area (Å²) in [6.07, 6.45) is -1.62. The van der Waals surface area contributed by atoms with E-state index in [0.717, 1.165) is 0 Å². The zero-order chi connectivity index (χ0) is 11.6. The van der Waals surface area contributed by atoms with Crippen molar-refractivity contribution in [1.82, 2.24) is 0 Å². The van der Waals surface area contributed by atoms with Crippen molar-refractivity contribution >= 4 is 17.6 Å². The van der Waals surface area contributed by atoms with Gasteiger partial charge in [0.05, 0.1) is 5.41 Å². The van der Waals surface area contributed by atoms with Crippen molar-refractivity contribution in [2.45, 2.75) is 20.0 Å². The smallest absolute Gasteiger partial charge is 0.312 e. The lowest BCUT2D eigenvalue weighted by Gasteiger charge is -2.24. The van der Waals surface area contributed by atoms with Gasteiger partial charge in [0.25, 0.3) is 0 Å². The summed E-state index contributed by atoms with van der Waals surface area (Å²) in [5.74, 6) is -1.19. The lowest BCUT2D eigenvalue weighted by atomic mass is 9.84. The molecule has 0 bridgehead atoms. The first kappa shape index (κ1) is 12.0. The van der Waals surface area contributed by atoms with E-state index in [1.165, 1.54) is 19.9 Å². The van der Waals surface area contributed by atoms with E-state index in [9.17, 15) is 9.18 Å². The second kappa shape index (κ2) is 4.19. The lowest BCUT2D eigenvalue weighted by molar-refractivity contribution is -0.150. The van der Waals surface area contributed by atoms with Gasteiger partial charge in [-0.1, -0.05) is 29.8 Å². The first-order valence-corrected chi connectivity index (χ1v) is 4.87. The number of halogens is 2. The molecule has 4 heteroatoms. The Morgan fingerprint density at radius 3 is 2.47 bits per heavy atom. The van der Waals surface area contributed by atoms with Crippen LogP contribution in [0.5, 0.6) is 0 Å². The van der Waals surface area contributed by atoms with Gasteiger partial charge in [0.2, 0.25) is 0 Å². The van der Waals surface area contributed by atoms with Crippen LogP contribution in [-0.2, 0) is 4.79 Å². The highest BCUT2D eigenvalue weighted by Gasteiger charge is 2.39. The molecule has 0 saturated heterocycles. The highest BCUT2D eigenvalue weighted by atomic mass is 35.5. The number of carboxylic acids is 1. The maximum Gasteiger partial charge on any atom is 0.312 e. The minimum absolute atomic E-state index is 0.214. The minimum atomic E-state index is -1.62. The fraction of sp³-hybridized carbons (Fsp3) is 0.364. The summed E-state index contributed by atoms with van der Waals surface area (Å²) >= 11 is 5.80. The summed E-state index contributed by atoms with van der Waals surface area (Å²) in [4.78, 5) is 10.9. The quantitative estimate of drug-likeness (QED) is 0.864. The van der Waals surface area contributed by atoms with Crippen LogP contribution in [0.25, 0.3) is 0 Å². The number of rotatable bonds is 3. The van der Waals surface area contributed by atoms with E-state index < -0.39 is 17.6 Å². The van der Waals surface area contributed by atoms with Crippen LogP contribution in [0.4, 0.5) is 4.39 Å². The fourth-order valence-electron chi connectivity index (χ4n) is 1.18. The second-order valence-electron chi connectivity index (χ2n) is 3.91. The van der Waals surface area contributed by atoms with Crippen molar-refractivity contribution in [1.29, 1.82) is 0 Å². The van der Waals surface area contributed by atoms with Crippen LogP contribution in [0, 0.1) is 5.41 Å². The van der Waals surface area contributed by atoms with Gasteiger partial charge in [-0.3, -0.25) is 4.79 Å². The average molecular weight is 231 g/mol. The van der Waals surface area contributed by atoms with Gasteiger partial charge in [-0.2, -0.15) is 0 Å². The van der Waals surface area contributed by atoms with Gasteiger partial charge in [0.15, 0.2) is 0 Å². The molecule has 0 amide bonds. The molecule has 1 atom stereocenters. The van der Waals surface area contributed by atoms with Crippen molar-refractivity contribution in [3.63, 3.8) is 0 Å². The summed E-state index contributed by atoms with van der Waals surface area (Å²) in [5.41, 5.74) is -1.27. The Kier molecular flexibility index (Phi) is 3.35. The highest BCUT2D eigenvalue weighted by molar-refractivity contribution is 6.31. The van der Waals surface area contributed by atoms with Crippen LogP contribution in [0.15, 0.2) is 24.3 Å². The molecular weight excluding hydrogens is 219 g/mol. The molecule has 0 aliphatic carbocycles. The number of benzene rings is 1. The van der Waals surface area contributed by atoms with Crippen molar-refractivity contribution in [2.75, 3.05) is 0 Å². The topological polar surface area (TPSA) is 37.3 Å². The van der Waals surface area contributed by atoms with Crippen molar-refractivity contribution < 1.29 is 14.3 Å². The Labute approximate surface area is 92.7 Å².